The lowest BCUT2D eigenvalue weighted by molar-refractivity contribution is -0.138. The average molecular weight is 521 g/mol. The van der Waals surface area contributed by atoms with E-state index < -0.39 is 12.0 Å². The molecule has 0 aliphatic carbocycles. The van der Waals surface area contributed by atoms with Gasteiger partial charge in [0.2, 0.25) is 0 Å². The van der Waals surface area contributed by atoms with E-state index in [0.717, 1.165) is 86.9 Å². The number of fused-ring (bicyclic) bond motifs is 1. The topological polar surface area (TPSA) is 121 Å². The number of pyridine rings is 1. The first-order chi connectivity index (χ1) is 18.4. The van der Waals surface area contributed by atoms with Crippen molar-refractivity contribution in [2.45, 2.75) is 71.9 Å². The number of anilines is 2. The number of carbonyl (C=O) groups is 1. The highest BCUT2D eigenvalue weighted by atomic mass is 16.4. The van der Waals surface area contributed by atoms with Crippen LogP contribution in [0.1, 0.15) is 54.0 Å². The number of aliphatic carboxylic acids is 1. The molecule has 4 heterocycles. The molecule has 3 N–H and O–H groups in total. The summed E-state index contributed by atoms with van der Waals surface area (Å²) in [6, 6.07) is 5.71. The van der Waals surface area contributed by atoms with Crippen LogP contribution in [0.15, 0.2) is 30.6 Å². The van der Waals surface area contributed by atoms with Gasteiger partial charge in [-0.15, -0.1) is 0 Å². The van der Waals surface area contributed by atoms with Crippen LogP contribution in [-0.2, 0) is 24.2 Å². The fourth-order valence-electron chi connectivity index (χ4n) is 4.90. The monoisotopic (exact) mass is 520 g/mol. The van der Waals surface area contributed by atoms with Crippen LogP contribution in [0.25, 0.3) is 0 Å². The maximum atomic E-state index is 12.0. The van der Waals surface area contributed by atoms with Gasteiger partial charge in [0.05, 0.1) is 24.1 Å². The van der Waals surface area contributed by atoms with E-state index in [1.54, 1.807) is 12.4 Å². The minimum Gasteiger partial charge on any atom is -0.480 e. The first-order valence-electron chi connectivity index (χ1n) is 13.6. The second-order valence-corrected chi connectivity index (χ2v) is 10.2. The molecule has 1 atom stereocenters. The maximum Gasteiger partial charge on any atom is 0.326 e. The molecule has 0 saturated heterocycles. The Morgan fingerprint density at radius 3 is 2.76 bits per heavy atom. The fraction of sp³-hybridized carbons (Fsp3) is 0.536. The van der Waals surface area contributed by atoms with Crippen LogP contribution >= 0.6 is 0 Å². The van der Waals surface area contributed by atoms with Gasteiger partial charge in [-0.2, -0.15) is 5.10 Å². The molecule has 0 radical (unpaired) electrons. The molecule has 204 valence electrons. The van der Waals surface area contributed by atoms with Gasteiger partial charge in [0.1, 0.15) is 17.7 Å². The molecule has 3 aromatic heterocycles. The Morgan fingerprint density at radius 2 is 2.00 bits per heavy atom. The predicted octanol–water partition coefficient (Wildman–Crippen LogP) is 3.63. The zero-order chi connectivity index (χ0) is 26.9. The Bertz CT molecular complexity index is 1210. The van der Waals surface area contributed by atoms with Crippen LogP contribution in [0.4, 0.5) is 11.6 Å². The van der Waals surface area contributed by atoms with E-state index in [-0.39, 0.29) is 0 Å². The lowest BCUT2D eigenvalue weighted by Gasteiger charge is -2.25. The number of carboxylic acid groups (broad SMARTS) is 1. The molecule has 1 unspecified atom stereocenters. The van der Waals surface area contributed by atoms with Crippen LogP contribution in [0, 0.1) is 20.8 Å². The summed E-state index contributed by atoms with van der Waals surface area (Å²) in [5.41, 5.74) is 5.33. The molecule has 3 aromatic rings. The Morgan fingerprint density at radius 1 is 1.13 bits per heavy atom. The van der Waals surface area contributed by atoms with Crippen molar-refractivity contribution in [2.24, 2.45) is 0 Å². The van der Waals surface area contributed by atoms with Gasteiger partial charge in [-0.3, -0.25) is 9.67 Å². The zero-order valence-corrected chi connectivity index (χ0v) is 22.8. The van der Waals surface area contributed by atoms with Gasteiger partial charge in [-0.05, 0) is 83.5 Å². The highest BCUT2D eigenvalue weighted by Gasteiger charge is 2.20. The molecule has 1 aliphatic heterocycles. The van der Waals surface area contributed by atoms with E-state index in [1.165, 1.54) is 5.56 Å². The van der Waals surface area contributed by atoms with Crippen LogP contribution in [0.3, 0.4) is 0 Å². The molecular formula is C28H40N8O2. The van der Waals surface area contributed by atoms with Gasteiger partial charge in [-0.25, -0.2) is 14.8 Å². The number of aromatic nitrogens is 5. The molecule has 0 spiro atoms. The quantitative estimate of drug-likeness (QED) is 0.274. The highest BCUT2D eigenvalue weighted by molar-refractivity contribution is 5.76. The van der Waals surface area contributed by atoms with E-state index >= 15 is 0 Å². The minimum atomic E-state index is -0.890. The van der Waals surface area contributed by atoms with Crippen LogP contribution < -0.4 is 10.6 Å². The van der Waals surface area contributed by atoms with Gasteiger partial charge in [-0.1, -0.05) is 6.07 Å². The maximum absolute atomic E-state index is 12.0. The zero-order valence-electron chi connectivity index (χ0n) is 22.8. The summed E-state index contributed by atoms with van der Waals surface area (Å²) in [5.74, 6) is 0.642. The Hall–Kier alpha value is -3.53. The van der Waals surface area contributed by atoms with E-state index in [0.29, 0.717) is 18.8 Å². The van der Waals surface area contributed by atoms with Crippen LogP contribution in [0.2, 0.25) is 0 Å². The normalized spacial score (nSPS) is 13.7. The Kier molecular flexibility index (Phi) is 9.64. The molecule has 38 heavy (non-hydrogen) atoms. The first kappa shape index (κ1) is 27.5. The largest absolute Gasteiger partial charge is 0.480 e. The third-order valence-electron chi connectivity index (χ3n) is 6.95. The summed E-state index contributed by atoms with van der Waals surface area (Å²) in [5, 5.41) is 20.9. The number of hydrogen-bond donors (Lipinski definition) is 3. The molecule has 0 fully saturated rings. The van der Waals surface area contributed by atoms with E-state index in [9.17, 15) is 9.90 Å². The second-order valence-electron chi connectivity index (χ2n) is 10.2. The van der Waals surface area contributed by atoms with E-state index in [2.05, 4.69) is 55.7 Å². The molecule has 0 aromatic carbocycles. The lowest BCUT2D eigenvalue weighted by Crippen LogP contribution is -2.37. The van der Waals surface area contributed by atoms with E-state index in [1.807, 2.05) is 18.5 Å². The van der Waals surface area contributed by atoms with Crippen molar-refractivity contribution in [1.29, 1.82) is 0 Å². The van der Waals surface area contributed by atoms with Crippen molar-refractivity contribution < 1.29 is 9.90 Å². The summed E-state index contributed by atoms with van der Waals surface area (Å²) in [6.45, 7) is 10.0. The molecule has 0 bridgehead atoms. The van der Waals surface area contributed by atoms with Crippen molar-refractivity contribution >= 4 is 17.6 Å². The number of carboxylic acids is 1. The summed E-state index contributed by atoms with van der Waals surface area (Å²) >= 11 is 0. The first-order valence-corrected chi connectivity index (χ1v) is 13.6. The third kappa shape index (κ3) is 7.98. The molecule has 0 amide bonds. The predicted molar refractivity (Wildman–Crippen MR) is 149 cm³/mol. The third-order valence-corrected chi connectivity index (χ3v) is 6.95. The van der Waals surface area contributed by atoms with Crippen molar-refractivity contribution in [1.82, 2.24) is 29.6 Å². The second kappa shape index (κ2) is 13.3. The lowest BCUT2D eigenvalue weighted by atomic mass is 10.1. The van der Waals surface area contributed by atoms with Gasteiger partial charge in [0.15, 0.2) is 0 Å². The van der Waals surface area contributed by atoms with Gasteiger partial charge >= 0.3 is 5.97 Å². The summed E-state index contributed by atoms with van der Waals surface area (Å²) in [7, 11) is 0. The SMILES string of the molecule is Cc1cncc(NC(CCN(CCCCc2ccc3c(n2)NCCC3)CCn2nc(C)cc2C)C(=O)O)n1. The minimum absolute atomic E-state index is 0.458. The fourth-order valence-corrected chi connectivity index (χ4v) is 4.90. The van der Waals surface area contributed by atoms with E-state index in [4.69, 9.17) is 4.98 Å². The van der Waals surface area contributed by atoms with Gasteiger partial charge < -0.3 is 20.6 Å². The number of aryl methyl sites for hydroxylation is 5. The van der Waals surface area contributed by atoms with Crippen molar-refractivity contribution in [3.63, 3.8) is 0 Å². The molecule has 10 nitrogen and oxygen atoms in total. The summed E-state index contributed by atoms with van der Waals surface area (Å²) in [6.07, 6.45) is 8.91. The molecule has 1 aliphatic rings. The number of nitrogens with zero attached hydrogens (tertiary/aromatic N) is 6. The number of hydrogen-bond acceptors (Lipinski definition) is 8. The summed E-state index contributed by atoms with van der Waals surface area (Å²) < 4.78 is 2.03. The summed E-state index contributed by atoms with van der Waals surface area (Å²) in [4.78, 5) is 27.6. The average Bonchev–Trinajstić information content (AvgIpc) is 3.23. The van der Waals surface area contributed by atoms with Gasteiger partial charge in [0, 0.05) is 37.2 Å². The number of unbranched alkanes of at least 4 members (excludes halogenated alkanes) is 1. The number of nitrogens with one attached hydrogen (secondary N) is 2. The Labute approximate surface area is 224 Å². The van der Waals surface area contributed by atoms with Crippen molar-refractivity contribution in [3.8, 4) is 0 Å². The van der Waals surface area contributed by atoms with Crippen LogP contribution in [0.5, 0.6) is 0 Å². The molecule has 4 rings (SSSR count). The standard InChI is InChI=1S/C28H40N8O2/c1-20-17-22(3)36(34-20)16-15-35(14-11-25(28(37)38)33-26-19-29-18-21(2)31-26)13-5-4-8-24-10-9-23-7-6-12-30-27(23)32-24/h9-10,17-19,25H,4-8,11-16H2,1-3H3,(H,30,32)(H,31,33)(H,37,38). The van der Waals surface area contributed by atoms with Crippen molar-refractivity contribution in [2.75, 3.05) is 36.8 Å². The van der Waals surface area contributed by atoms with Gasteiger partial charge in [0.25, 0.3) is 0 Å². The molecular weight excluding hydrogens is 480 g/mol. The number of rotatable bonds is 14. The smallest absolute Gasteiger partial charge is 0.326 e. The molecule has 10 heteroatoms. The molecule has 0 saturated carbocycles. The van der Waals surface area contributed by atoms with Crippen LogP contribution in [-0.4, -0.2) is 72.9 Å². The Balaban J connectivity index is 1.33. The van der Waals surface area contributed by atoms with Crippen molar-refractivity contribution in [3.05, 3.63) is 58.9 Å². The highest BCUT2D eigenvalue weighted by Crippen LogP contribution is 2.20.